The second-order valence-electron chi connectivity index (χ2n) is 6.02. The molecule has 0 aliphatic heterocycles. The average Bonchev–Trinajstić information content (AvgIpc) is 2.68. The number of aliphatic hydroxyl groups excluding tert-OH is 3. The average molecular weight is 376 g/mol. The molecule has 144 valence electrons. The van der Waals surface area contributed by atoms with Crippen molar-refractivity contribution in [1.82, 2.24) is 0 Å². The van der Waals surface area contributed by atoms with E-state index in [1.165, 1.54) is 38.5 Å². The lowest BCUT2D eigenvalue weighted by Crippen LogP contribution is -2.26. The first-order chi connectivity index (χ1) is 13.0. The summed E-state index contributed by atoms with van der Waals surface area (Å²) in [6.07, 6.45) is -1.31. The molecule has 0 aliphatic carbocycles. The van der Waals surface area contributed by atoms with E-state index in [4.69, 9.17) is 13.9 Å². The van der Waals surface area contributed by atoms with E-state index < -0.39 is 30.7 Å². The molecule has 8 nitrogen and oxygen atoms in total. The van der Waals surface area contributed by atoms with Gasteiger partial charge >= 0.3 is 0 Å². The summed E-state index contributed by atoms with van der Waals surface area (Å²) < 4.78 is 16.5. The number of phenols is 1. The SMILES string of the molecule is COc1cc(OC)c2c(=O)c3c(O)cccc3oc2c1C(CO)C(O)CO. The largest absolute Gasteiger partial charge is 0.507 e. The smallest absolute Gasteiger partial charge is 0.208 e. The molecule has 4 N–H and O–H groups in total. The van der Waals surface area contributed by atoms with Gasteiger partial charge in [0.15, 0.2) is 0 Å². The second-order valence-corrected chi connectivity index (χ2v) is 6.02. The van der Waals surface area contributed by atoms with Crippen molar-refractivity contribution >= 4 is 21.9 Å². The van der Waals surface area contributed by atoms with E-state index in [1.807, 2.05) is 0 Å². The van der Waals surface area contributed by atoms with Crippen molar-refractivity contribution in [2.45, 2.75) is 12.0 Å². The summed E-state index contributed by atoms with van der Waals surface area (Å²) in [7, 11) is 2.75. The highest BCUT2D eigenvalue weighted by molar-refractivity contribution is 5.98. The second kappa shape index (κ2) is 7.43. The minimum absolute atomic E-state index is 0.0114. The lowest BCUT2D eigenvalue weighted by molar-refractivity contribution is 0.0520. The molecule has 0 saturated carbocycles. The zero-order valence-electron chi connectivity index (χ0n) is 14.8. The van der Waals surface area contributed by atoms with Crippen molar-refractivity contribution < 1.29 is 34.3 Å². The van der Waals surface area contributed by atoms with E-state index in [-0.39, 0.29) is 44.8 Å². The lowest BCUT2D eigenvalue weighted by Gasteiger charge is -2.23. The van der Waals surface area contributed by atoms with Gasteiger partial charge < -0.3 is 34.3 Å². The van der Waals surface area contributed by atoms with Crippen LogP contribution in [0.4, 0.5) is 0 Å². The number of aliphatic hydroxyl groups is 3. The number of benzene rings is 2. The summed E-state index contributed by atoms with van der Waals surface area (Å²) in [4.78, 5) is 13.1. The van der Waals surface area contributed by atoms with Gasteiger partial charge in [0, 0.05) is 17.5 Å². The maximum Gasteiger partial charge on any atom is 0.208 e. The highest BCUT2D eigenvalue weighted by Gasteiger charge is 2.30. The maximum atomic E-state index is 13.1. The van der Waals surface area contributed by atoms with E-state index in [0.29, 0.717) is 0 Å². The summed E-state index contributed by atoms with van der Waals surface area (Å²) >= 11 is 0. The van der Waals surface area contributed by atoms with Gasteiger partial charge in [0.2, 0.25) is 5.43 Å². The third kappa shape index (κ3) is 2.97. The predicted octanol–water partition coefficient (Wildman–Crippen LogP) is 1.10. The molecule has 0 aliphatic rings. The molecule has 0 fully saturated rings. The van der Waals surface area contributed by atoms with Gasteiger partial charge in [0.05, 0.1) is 33.5 Å². The van der Waals surface area contributed by atoms with Crippen LogP contribution in [0.25, 0.3) is 21.9 Å². The molecule has 0 spiro atoms. The molecule has 3 aromatic rings. The number of hydrogen-bond donors (Lipinski definition) is 4. The molecule has 0 amide bonds. The fourth-order valence-corrected chi connectivity index (χ4v) is 3.23. The van der Waals surface area contributed by atoms with Crippen LogP contribution in [-0.4, -0.2) is 54.0 Å². The van der Waals surface area contributed by atoms with Gasteiger partial charge in [0.25, 0.3) is 0 Å². The lowest BCUT2D eigenvalue weighted by atomic mass is 9.91. The van der Waals surface area contributed by atoms with E-state index >= 15 is 0 Å². The van der Waals surface area contributed by atoms with Crippen LogP contribution in [0.1, 0.15) is 11.5 Å². The predicted molar refractivity (Wildman–Crippen MR) is 97.7 cm³/mol. The molecule has 2 aromatic carbocycles. The van der Waals surface area contributed by atoms with Crippen LogP contribution in [0.2, 0.25) is 0 Å². The molecule has 0 saturated heterocycles. The fourth-order valence-electron chi connectivity index (χ4n) is 3.23. The first-order valence-corrected chi connectivity index (χ1v) is 8.21. The van der Waals surface area contributed by atoms with Gasteiger partial charge in [0.1, 0.15) is 39.2 Å². The molecule has 3 rings (SSSR count). The molecule has 2 unspecified atom stereocenters. The van der Waals surface area contributed by atoms with Crippen molar-refractivity contribution in [3.8, 4) is 17.2 Å². The van der Waals surface area contributed by atoms with Crippen LogP contribution in [-0.2, 0) is 0 Å². The molecular weight excluding hydrogens is 356 g/mol. The molecule has 1 aromatic heterocycles. The first-order valence-electron chi connectivity index (χ1n) is 8.21. The zero-order chi connectivity index (χ0) is 19.7. The Kier molecular flexibility index (Phi) is 5.22. The minimum Gasteiger partial charge on any atom is -0.507 e. The number of phenolic OH excluding ortho intramolecular Hbond substituents is 1. The van der Waals surface area contributed by atoms with E-state index in [0.717, 1.165) is 0 Å². The number of fused-ring (bicyclic) bond motifs is 2. The Morgan fingerprint density at radius 3 is 2.37 bits per heavy atom. The van der Waals surface area contributed by atoms with Crippen molar-refractivity contribution in [2.75, 3.05) is 27.4 Å². The summed E-state index contributed by atoms with van der Waals surface area (Å²) in [5.74, 6) is -0.846. The van der Waals surface area contributed by atoms with Crippen LogP contribution in [0.5, 0.6) is 17.2 Å². The topological polar surface area (TPSA) is 130 Å². The molecule has 2 atom stereocenters. The number of methoxy groups -OCH3 is 2. The Labute approximate surface area is 153 Å². The Morgan fingerprint density at radius 1 is 1.07 bits per heavy atom. The third-order valence-electron chi connectivity index (χ3n) is 4.57. The highest BCUT2D eigenvalue weighted by atomic mass is 16.5. The van der Waals surface area contributed by atoms with Crippen LogP contribution >= 0.6 is 0 Å². The molecule has 1 heterocycles. The van der Waals surface area contributed by atoms with E-state index in [2.05, 4.69) is 0 Å². The van der Waals surface area contributed by atoms with Gasteiger partial charge in [-0.15, -0.1) is 0 Å². The van der Waals surface area contributed by atoms with Crippen LogP contribution in [0.15, 0.2) is 33.5 Å². The Morgan fingerprint density at radius 2 is 1.78 bits per heavy atom. The minimum atomic E-state index is -1.31. The monoisotopic (exact) mass is 376 g/mol. The molecule has 0 bridgehead atoms. The van der Waals surface area contributed by atoms with Crippen LogP contribution < -0.4 is 14.9 Å². The van der Waals surface area contributed by atoms with Gasteiger partial charge in [-0.2, -0.15) is 0 Å². The van der Waals surface area contributed by atoms with Crippen molar-refractivity contribution in [3.63, 3.8) is 0 Å². The standard InChI is InChI=1S/C19H20O8/c1-25-13-6-14(26-2)17-18(24)16-10(22)4-3-5-12(16)27-19(17)15(13)9(7-20)11(23)8-21/h3-6,9,11,20-23H,7-8H2,1-2H3. The quantitative estimate of drug-likeness (QED) is 0.471. The fraction of sp³-hybridized carbons (Fsp3) is 0.316. The highest BCUT2D eigenvalue weighted by Crippen LogP contribution is 2.41. The molecule has 8 heteroatoms. The van der Waals surface area contributed by atoms with Crippen LogP contribution in [0, 0.1) is 0 Å². The van der Waals surface area contributed by atoms with E-state index in [1.54, 1.807) is 0 Å². The van der Waals surface area contributed by atoms with Gasteiger partial charge in [-0.05, 0) is 12.1 Å². The molecular formula is C19H20O8. The maximum absolute atomic E-state index is 13.1. The Bertz CT molecular complexity index is 1040. The van der Waals surface area contributed by atoms with E-state index in [9.17, 15) is 25.2 Å². The number of rotatable bonds is 6. The van der Waals surface area contributed by atoms with Crippen molar-refractivity contribution in [3.05, 3.63) is 40.1 Å². The third-order valence-corrected chi connectivity index (χ3v) is 4.57. The molecule has 27 heavy (non-hydrogen) atoms. The molecule has 0 radical (unpaired) electrons. The normalized spacial score (nSPS) is 13.7. The van der Waals surface area contributed by atoms with Gasteiger partial charge in [-0.3, -0.25) is 4.79 Å². The Balaban J connectivity index is 2.55. The van der Waals surface area contributed by atoms with Crippen molar-refractivity contribution in [1.29, 1.82) is 0 Å². The van der Waals surface area contributed by atoms with Crippen LogP contribution in [0.3, 0.4) is 0 Å². The first kappa shape index (κ1) is 19.0. The van der Waals surface area contributed by atoms with Gasteiger partial charge in [-0.1, -0.05) is 6.07 Å². The number of ether oxygens (including phenoxy) is 2. The summed E-state index contributed by atoms with van der Waals surface area (Å²) in [6.45, 7) is -1.14. The van der Waals surface area contributed by atoms with Crippen molar-refractivity contribution in [2.24, 2.45) is 0 Å². The Hall–Kier alpha value is -2.81. The summed E-state index contributed by atoms with van der Waals surface area (Å²) in [5, 5.41) is 39.4. The number of hydrogen-bond acceptors (Lipinski definition) is 8. The summed E-state index contributed by atoms with van der Waals surface area (Å²) in [6, 6.07) is 5.85. The summed E-state index contributed by atoms with van der Waals surface area (Å²) in [5.41, 5.74) is -0.139. The zero-order valence-corrected chi connectivity index (χ0v) is 14.8. The van der Waals surface area contributed by atoms with Gasteiger partial charge in [-0.25, -0.2) is 0 Å². The number of aromatic hydroxyl groups is 1.